The number of hydrogen-bond acceptors (Lipinski definition) is 3. The first-order chi connectivity index (χ1) is 8.33. The summed E-state index contributed by atoms with van der Waals surface area (Å²) < 4.78 is 7.66. The second kappa shape index (κ2) is 4.63. The first-order valence-electron chi connectivity index (χ1n) is 5.94. The molecular formula is C12H14ClN3O. The number of ether oxygens (including phenoxy) is 1. The fraction of sp³-hybridized carbons (Fsp3) is 0.500. The number of fused-ring (bicyclic) bond motifs is 1. The van der Waals surface area contributed by atoms with Crippen molar-refractivity contribution in [3.8, 4) is 0 Å². The van der Waals surface area contributed by atoms with Gasteiger partial charge in [0.1, 0.15) is 5.82 Å². The van der Waals surface area contributed by atoms with Crippen molar-refractivity contribution in [3.63, 3.8) is 0 Å². The summed E-state index contributed by atoms with van der Waals surface area (Å²) in [4.78, 5) is 0. The number of nitrogens with zero attached hydrogens (tertiary/aromatic N) is 3. The molecule has 1 unspecified atom stereocenters. The van der Waals surface area contributed by atoms with Crippen LogP contribution in [0.4, 0.5) is 0 Å². The molecule has 17 heavy (non-hydrogen) atoms. The van der Waals surface area contributed by atoms with Crippen LogP contribution in [0.3, 0.4) is 0 Å². The van der Waals surface area contributed by atoms with Crippen LogP contribution in [0.5, 0.6) is 0 Å². The van der Waals surface area contributed by atoms with Gasteiger partial charge in [-0.15, -0.1) is 10.2 Å². The Hall–Kier alpha value is -1.13. The molecular weight excluding hydrogens is 238 g/mol. The highest BCUT2D eigenvalue weighted by atomic mass is 35.5. The molecule has 1 aliphatic heterocycles. The summed E-state index contributed by atoms with van der Waals surface area (Å²) in [7, 11) is 0. The third kappa shape index (κ3) is 2.28. The smallest absolute Gasteiger partial charge is 0.160 e. The fourth-order valence-corrected chi connectivity index (χ4v) is 2.38. The van der Waals surface area contributed by atoms with Crippen LogP contribution in [0.25, 0.3) is 5.65 Å². The molecule has 2 aromatic rings. The minimum atomic E-state index is 0.273. The Labute approximate surface area is 105 Å². The van der Waals surface area contributed by atoms with Gasteiger partial charge in [-0.2, -0.15) is 0 Å². The molecule has 3 rings (SSSR count). The Morgan fingerprint density at radius 2 is 2.29 bits per heavy atom. The molecule has 0 amide bonds. The van der Waals surface area contributed by atoms with E-state index in [2.05, 4.69) is 10.2 Å². The van der Waals surface area contributed by atoms with E-state index >= 15 is 0 Å². The van der Waals surface area contributed by atoms with Crippen LogP contribution < -0.4 is 0 Å². The molecule has 5 heteroatoms. The topological polar surface area (TPSA) is 39.4 Å². The van der Waals surface area contributed by atoms with E-state index in [0.717, 1.165) is 30.9 Å². The molecule has 1 fully saturated rings. The minimum Gasteiger partial charge on any atom is -0.378 e. The zero-order valence-electron chi connectivity index (χ0n) is 9.47. The van der Waals surface area contributed by atoms with Gasteiger partial charge in [0.15, 0.2) is 5.65 Å². The molecule has 1 aliphatic rings. The molecule has 0 saturated carbocycles. The van der Waals surface area contributed by atoms with Gasteiger partial charge in [-0.3, -0.25) is 4.40 Å². The van der Waals surface area contributed by atoms with Gasteiger partial charge in [-0.25, -0.2) is 0 Å². The Bertz CT molecular complexity index is 519. The monoisotopic (exact) mass is 251 g/mol. The predicted octanol–water partition coefficient (Wildman–Crippen LogP) is 2.49. The standard InChI is InChI=1S/C12H14ClN3O/c13-9-4-5-11-14-15-12(16(11)8-9)7-10-3-1-2-6-17-10/h4-5,8,10H,1-3,6-7H2. The average molecular weight is 252 g/mol. The molecule has 3 heterocycles. The van der Waals surface area contributed by atoms with Crippen LogP contribution in [-0.4, -0.2) is 27.3 Å². The molecule has 0 spiro atoms. The third-order valence-electron chi connectivity index (χ3n) is 3.12. The van der Waals surface area contributed by atoms with Gasteiger partial charge in [0.05, 0.1) is 11.1 Å². The molecule has 90 valence electrons. The molecule has 0 aromatic carbocycles. The molecule has 2 aromatic heterocycles. The highest BCUT2D eigenvalue weighted by Gasteiger charge is 2.17. The number of halogens is 1. The maximum absolute atomic E-state index is 5.98. The van der Waals surface area contributed by atoms with E-state index in [9.17, 15) is 0 Å². The highest BCUT2D eigenvalue weighted by Crippen LogP contribution is 2.18. The Kier molecular flexibility index (Phi) is 2.99. The first kappa shape index (κ1) is 11.0. The zero-order chi connectivity index (χ0) is 11.7. The van der Waals surface area contributed by atoms with E-state index in [1.165, 1.54) is 12.8 Å². The lowest BCUT2D eigenvalue weighted by Crippen LogP contribution is -2.22. The molecule has 0 N–H and O–H groups in total. The summed E-state index contributed by atoms with van der Waals surface area (Å²) in [5.41, 5.74) is 0.834. The van der Waals surface area contributed by atoms with Crippen molar-refractivity contribution in [3.05, 3.63) is 29.2 Å². The van der Waals surface area contributed by atoms with E-state index in [4.69, 9.17) is 16.3 Å². The fourth-order valence-electron chi connectivity index (χ4n) is 2.22. The van der Waals surface area contributed by atoms with Gasteiger partial charge in [-0.1, -0.05) is 11.6 Å². The van der Waals surface area contributed by atoms with Crippen LogP contribution in [0.15, 0.2) is 18.3 Å². The molecule has 0 bridgehead atoms. The summed E-state index contributed by atoms with van der Waals surface area (Å²) in [6, 6.07) is 3.70. The number of rotatable bonds is 2. The van der Waals surface area contributed by atoms with Crippen molar-refractivity contribution in [2.75, 3.05) is 6.61 Å². The molecule has 1 atom stereocenters. The first-order valence-corrected chi connectivity index (χ1v) is 6.31. The summed E-state index contributed by atoms with van der Waals surface area (Å²) in [6.07, 6.45) is 6.45. The lowest BCUT2D eigenvalue weighted by Gasteiger charge is -2.21. The van der Waals surface area contributed by atoms with Gasteiger partial charge in [0.25, 0.3) is 0 Å². The van der Waals surface area contributed by atoms with Crippen molar-refractivity contribution in [1.29, 1.82) is 0 Å². The van der Waals surface area contributed by atoms with Crippen molar-refractivity contribution in [1.82, 2.24) is 14.6 Å². The Balaban J connectivity index is 1.86. The molecule has 0 radical (unpaired) electrons. The van der Waals surface area contributed by atoms with Crippen molar-refractivity contribution in [2.24, 2.45) is 0 Å². The summed E-state index contributed by atoms with van der Waals surface area (Å²) in [6.45, 7) is 0.863. The zero-order valence-corrected chi connectivity index (χ0v) is 10.2. The van der Waals surface area contributed by atoms with E-state index < -0.39 is 0 Å². The minimum absolute atomic E-state index is 0.273. The highest BCUT2D eigenvalue weighted by molar-refractivity contribution is 6.30. The van der Waals surface area contributed by atoms with E-state index in [-0.39, 0.29) is 6.10 Å². The van der Waals surface area contributed by atoms with Crippen LogP contribution in [0.1, 0.15) is 25.1 Å². The van der Waals surface area contributed by atoms with Crippen LogP contribution >= 0.6 is 11.6 Å². The third-order valence-corrected chi connectivity index (χ3v) is 3.34. The molecule has 1 saturated heterocycles. The van der Waals surface area contributed by atoms with Crippen molar-refractivity contribution < 1.29 is 4.74 Å². The predicted molar refractivity (Wildman–Crippen MR) is 65.3 cm³/mol. The normalized spacial score (nSPS) is 20.9. The summed E-state index contributed by atoms with van der Waals surface area (Å²) in [5.74, 6) is 0.925. The van der Waals surface area contributed by atoms with Crippen LogP contribution in [0.2, 0.25) is 5.02 Å². The molecule has 0 aliphatic carbocycles. The van der Waals surface area contributed by atoms with Gasteiger partial charge in [-0.05, 0) is 31.4 Å². The van der Waals surface area contributed by atoms with E-state index in [1.54, 1.807) is 0 Å². The van der Waals surface area contributed by atoms with Gasteiger partial charge in [0, 0.05) is 19.2 Å². The Morgan fingerprint density at radius 3 is 3.12 bits per heavy atom. The Morgan fingerprint density at radius 1 is 1.35 bits per heavy atom. The van der Waals surface area contributed by atoms with E-state index in [1.807, 2.05) is 22.7 Å². The van der Waals surface area contributed by atoms with Crippen molar-refractivity contribution >= 4 is 17.2 Å². The van der Waals surface area contributed by atoms with Crippen LogP contribution in [0, 0.1) is 0 Å². The number of pyridine rings is 1. The number of hydrogen-bond donors (Lipinski definition) is 0. The largest absolute Gasteiger partial charge is 0.378 e. The maximum Gasteiger partial charge on any atom is 0.160 e. The van der Waals surface area contributed by atoms with Crippen molar-refractivity contribution in [2.45, 2.75) is 31.8 Å². The second-order valence-corrected chi connectivity index (χ2v) is 4.82. The summed E-state index contributed by atoms with van der Waals surface area (Å²) >= 11 is 5.98. The van der Waals surface area contributed by atoms with Gasteiger partial charge >= 0.3 is 0 Å². The van der Waals surface area contributed by atoms with Gasteiger partial charge < -0.3 is 4.74 Å². The van der Waals surface area contributed by atoms with Gasteiger partial charge in [0.2, 0.25) is 0 Å². The maximum atomic E-state index is 5.98. The average Bonchev–Trinajstić information content (AvgIpc) is 2.73. The molecule has 4 nitrogen and oxygen atoms in total. The lowest BCUT2D eigenvalue weighted by atomic mass is 10.1. The second-order valence-electron chi connectivity index (χ2n) is 4.38. The number of aromatic nitrogens is 3. The van der Waals surface area contributed by atoms with E-state index in [0.29, 0.717) is 5.02 Å². The SMILES string of the molecule is Clc1ccc2nnc(CC3CCCCO3)n2c1. The van der Waals surface area contributed by atoms with Crippen LogP contribution in [-0.2, 0) is 11.2 Å². The summed E-state index contributed by atoms with van der Waals surface area (Å²) in [5, 5.41) is 9.03. The lowest BCUT2D eigenvalue weighted by molar-refractivity contribution is 0.0155. The quantitative estimate of drug-likeness (QED) is 0.823.